The molecule has 0 saturated heterocycles. The fourth-order valence-corrected chi connectivity index (χ4v) is 2.36. The Kier molecular flexibility index (Phi) is 3.21. The van der Waals surface area contributed by atoms with Gasteiger partial charge in [0.05, 0.1) is 6.04 Å². The number of nitrogens with zero attached hydrogens (tertiary/aromatic N) is 2. The molecule has 1 aliphatic rings. The first-order chi connectivity index (χ1) is 9.28. The van der Waals surface area contributed by atoms with E-state index in [0.29, 0.717) is 17.8 Å². The van der Waals surface area contributed by atoms with Gasteiger partial charge in [-0.15, -0.1) is 5.10 Å². The number of anilines is 1. The first kappa shape index (κ1) is 12.2. The average Bonchev–Trinajstić information content (AvgIpc) is 2.88. The van der Waals surface area contributed by atoms with Crippen molar-refractivity contribution in [3.63, 3.8) is 0 Å². The summed E-state index contributed by atoms with van der Waals surface area (Å²) in [7, 11) is 1.87. The minimum absolute atomic E-state index is 0.0764. The van der Waals surface area contributed by atoms with Crippen molar-refractivity contribution in [2.75, 3.05) is 18.9 Å². The lowest BCUT2D eigenvalue weighted by molar-refractivity contribution is 0.439. The molecule has 3 rings (SSSR count). The van der Waals surface area contributed by atoms with Gasteiger partial charge in [0.15, 0.2) is 0 Å². The highest BCUT2D eigenvalue weighted by molar-refractivity contribution is 5.41. The fourth-order valence-electron chi connectivity index (χ4n) is 2.36. The predicted octanol–water partition coefficient (Wildman–Crippen LogP) is 2.10. The van der Waals surface area contributed by atoms with Gasteiger partial charge in [-0.3, -0.25) is 0 Å². The van der Waals surface area contributed by atoms with Crippen molar-refractivity contribution in [2.24, 2.45) is 0 Å². The van der Waals surface area contributed by atoms with Crippen LogP contribution >= 0.6 is 0 Å². The van der Waals surface area contributed by atoms with E-state index in [2.05, 4.69) is 45.1 Å². The van der Waals surface area contributed by atoms with E-state index in [0.717, 1.165) is 13.0 Å². The molecule has 0 radical (unpaired) electrons. The summed E-state index contributed by atoms with van der Waals surface area (Å²) in [6.45, 7) is 2.83. The summed E-state index contributed by atoms with van der Waals surface area (Å²) in [5.41, 5.74) is 2.88. The van der Waals surface area contributed by atoms with Gasteiger partial charge in [-0.25, -0.2) is 0 Å². The van der Waals surface area contributed by atoms with Gasteiger partial charge in [0.1, 0.15) is 0 Å². The third kappa shape index (κ3) is 2.33. The fraction of sp³-hybridized carbons (Fsp3) is 0.429. The zero-order valence-corrected chi connectivity index (χ0v) is 11.2. The maximum absolute atomic E-state index is 5.55. The minimum Gasteiger partial charge on any atom is -0.406 e. The minimum atomic E-state index is 0.0764. The molecular formula is C14H18N4O. The SMILES string of the molecule is CNC(C)c1nnc(NCC2Cc3ccccc32)o1. The summed E-state index contributed by atoms with van der Waals surface area (Å²) < 4.78 is 5.55. The molecule has 0 amide bonds. The van der Waals surface area contributed by atoms with Gasteiger partial charge in [0, 0.05) is 12.5 Å². The van der Waals surface area contributed by atoms with E-state index in [9.17, 15) is 0 Å². The molecule has 19 heavy (non-hydrogen) atoms. The molecule has 2 N–H and O–H groups in total. The molecule has 1 aromatic heterocycles. The van der Waals surface area contributed by atoms with Gasteiger partial charge in [-0.1, -0.05) is 29.4 Å². The number of fused-ring (bicyclic) bond motifs is 1. The van der Waals surface area contributed by atoms with Crippen molar-refractivity contribution in [2.45, 2.75) is 25.3 Å². The van der Waals surface area contributed by atoms with Crippen molar-refractivity contribution in [3.05, 3.63) is 41.3 Å². The standard InChI is InChI=1S/C14H18N4O/c1-9(15-2)13-17-18-14(19-13)16-8-11-7-10-5-3-4-6-12(10)11/h3-6,9,11,15H,7-8H2,1-2H3,(H,16,18). The number of hydrogen-bond donors (Lipinski definition) is 2. The van der Waals surface area contributed by atoms with E-state index in [4.69, 9.17) is 4.42 Å². The molecule has 1 heterocycles. The molecule has 0 bridgehead atoms. The quantitative estimate of drug-likeness (QED) is 0.860. The van der Waals surface area contributed by atoms with Gasteiger partial charge in [-0.2, -0.15) is 0 Å². The maximum atomic E-state index is 5.55. The van der Waals surface area contributed by atoms with Crippen molar-refractivity contribution in [1.82, 2.24) is 15.5 Å². The van der Waals surface area contributed by atoms with Gasteiger partial charge in [-0.05, 0) is 31.5 Å². The van der Waals surface area contributed by atoms with E-state index in [1.165, 1.54) is 11.1 Å². The molecule has 0 aliphatic heterocycles. The summed E-state index contributed by atoms with van der Waals surface area (Å²) in [5.74, 6) is 1.16. The molecule has 2 aromatic rings. The Hall–Kier alpha value is -1.88. The van der Waals surface area contributed by atoms with Crippen LogP contribution in [0.2, 0.25) is 0 Å². The topological polar surface area (TPSA) is 63.0 Å². The van der Waals surface area contributed by atoms with Crippen LogP contribution in [-0.4, -0.2) is 23.8 Å². The molecule has 100 valence electrons. The molecule has 0 spiro atoms. The second-order valence-corrected chi connectivity index (χ2v) is 4.94. The van der Waals surface area contributed by atoms with E-state index in [1.54, 1.807) is 0 Å². The summed E-state index contributed by atoms with van der Waals surface area (Å²) in [4.78, 5) is 0. The van der Waals surface area contributed by atoms with Crippen LogP contribution in [0.4, 0.5) is 6.01 Å². The summed E-state index contributed by atoms with van der Waals surface area (Å²) >= 11 is 0. The largest absolute Gasteiger partial charge is 0.406 e. The smallest absolute Gasteiger partial charge is 0.315 e. The van der Waals surface area contributed by atoms with E-state index < -0.39 is 0 Å². The molecule has 5 heteroatoms. The van der Waals surface area contributed by atoms with E-state index >= 15 is 0 Å². The monoisotopic (exact) mass is 258 g/mol. The Morgan fingerprint density at radius 2 is 2.21 bits per heavy atom. The second kappa shape index (κ2) is 5.01. The number of rotatable bonds is 5. The summed E-state index contributed by atoms with van der Waals surface area (Å²) in [6, 6.07) is 9.13. The van der Waals surface area contributed by atoms with E-state index in [-0.39, 0.29) is 6.04 Å². The van der Waals surface area contributed by atoms with Crippen molar-refractivity contribution in [1.29, 1.82) is 0 Å². The normalized spacial score (nSPS) is 18.5. The summed E-state index contributed by atoms with van der Waals surface area (Å²) in [6.07, 6.45) is 1.12. The zero-order chi connectivity index (χ0) is 13.2. The Balaban J connectivity index is 1.58. The Labute approximate surface area is 112 Å². The lowest BCUT2D eigenvalue weighted by Gasteiger charge is -2.29. The van der Waals surface area contributed by atoms with Crippen LogP contribution in [0, 0.1) is 0 Å². The zero-order valence-electron chi connectivity index (χ0n) is 11.2. The van der Waals surface area contributed by atoms with Crippen LogP contribution in [0.1, 0.15) is 35.9 Å². The molecule has 2 atom stereocenters. The first-order valence-electron chi connectivity index (χ1n) is 6.60. The Morgan fingerprint density at radius 1 is 1.37 bits per heavy atom. The molecule has 2 unspecified atom stereocenters. The van der Waals surface area contributed by atoms with Crippen LogP contribution in [0.3, 0.4) is 0 Å². The lowest BCUT2D eigenvalue weighted by atomic mass is 9.78. The number of hydrogen-bond acceptors (Lipinski definition) is 5. The van der Waals surface area contributed by atoms with Crippen molar-refractivity contribution >= 4 is 6.01 Å². The third-order valence-electron chi connectivity index (χ3n) is 3.70. The van der Waals surface area contributed by atoms with Crippen LogP contribution in [0.25, 0.3) is 0 Å². The number of nitrogens with one attached hydrogen (secondary N) is 2. The Morgan fingerprint density at radius 3 is 3.00 bits per heavy atom. The molecule has 0 saturated carbocycles. The highest BCUT2D eigenvalue weighted by Crippen LogP contribution is 2.34. The number of benzene rings is 1. The molecule has 0 fully saturated rings. The molecule has 1 aliphatic carbocycles. The Bertz CT molecular complexity index is 566. The predicted molar refractivity (Wildman–Crippen MR) is 73.1 cm³/mol. The highest BCUT2D eigenvalue weighted by Gasteiger charge is 2.25. The van der Waals surface area contributed by atoms with Crippen LogP contribution in [-0.2, 0) is 6.42 Å². The molecule has 1 aromatic carbocycles. The average molecular weight is 258 g/mol. The van der Waals surface area contributed by atoms with Crippen LogP contribution < -0.4 is 10.6 Å². The first-order valence-corrected chi connectivity index (χ1v) is 6.60. The van der Waals surface area contributed by atoms with Crippen LogP contribution in [0.15, 0.2) is 28.7 Å². The highest BCUT2D eigenvalue weighted by atomic mass is 16.4. The van der Waals surface area contributed by atoms with Gasteiger partial charge >= 0.3 is 6.01 Å². The third-order valence-corrected chi connectivity index (χ3v) is 3.70. The van der Waals surface area contributed by atoms with Gasteiger partial charge in [0.2, 0.25) is 5.89 Å². The van der Waals surface area contributed by atoms with E-state index in [1.807, 2.05) is 14.0 Å². The maximum Gasteiger partial charge on any atom is 0.315 e. The molecule has 5 nitrogen and oxygen atoms in total. The molecular weight excluding hydrogens is 240 g/mol. The van der Waals surface area contributed by atoms with Crippen molar-refractivity contribution < 1.29 is 4.42 Å². The second-order valence-electron chi connectivity index (χ2n) is 4.94. The van der Waals surface area contributed by atoms with Crippen LogP contribution in [0.5, 0.6) is 0 Å². The van der Waals surface area contributed by atoms with Crippen molar-refractivity contribution in [3.8, 4) is 0 Å². The van der Waals surface area contributed by atoms with Gasteiger partial charge < -0.3 is 15.1 Å². The van der Waals surface area contributed by atoms with Gasteiger partial charge in [0.25, 0.3) is 0 Å². The summed E-state index contributed by atoms with van der Waals surface area (Å²) in [5, 5.41) is 14.3. The lowest BCUT2D eigenvalue weighted by Crippen LogP contribution is -2.24. The number of aromatic nitrogens is 2.